The molecular weight excluding hydrogens is 244 g/mol. The van der Waals surface area contributed by atoms with Crippen molar-refractivity contribution in [3.05, 3.63) is 35.9 Å². The number of hydrogen-bond donors (Lipinski definition) is 1. The zero-order chi connectivity index (χ0) is 14.0. The average Bonchev–Trinajstić information content (AvgIpc) is 2.64. The van der Waals surface area contributed by atoms with Crippen LogP contribution in [0.3, 0.4) is 0 Å². The lowest BCUT2D eigenvalue weighted by Gasteiger charge is -2.23. The Labute approximate surface area is 112 Å². The lowest BCUT2D eigenvalue weighted by molar-refractivity contribution is 0.137. The van der Waals surface area contributed by atoms with E-state index < -0.39 is 12.1 Å². The number of rotatable bonds is 2. The molecule has 5 heteroatoms. The summed E-state index contributed by atoms with van der Waals surface area (Å²) in [5, 5.41) is 2.72. The Balaban J connectivity index is 2.29. The topological polar surface area (TPSA) is 58.6 Å². The SMILES string of the molecule is CC(C)NC(=O)N1C(=O)OC(C)C1c1ccccc1. The molecule has 102 valence electrons. The summed E-state index contributed by atoms with van der Waals surface area (Å²) in [6.45, 7) is 5.48. The molecule has 0 aliphatic carbocycles. The number of cyclic esters (lactones) is 1. The number of amides is 3. The van der Waals surface area contributed by atoms with Crippen molar-refractivity contribution in [1.29, 1.82) is 0 Å². The number of carbonyl (C=O) groups is 2. The summed E-state index contributed by atoms with van der Waals surface area (Å²) >= 11 is 0. The Morgan fingerprint density at radius 1 is 1.32 bits per heavy atom. The van der Waals surface area contributed by atoms with Crippen molar-refractivity contribution in [1.82, 2.24) is 10.2 Å². The molecule has 19 heavy (non-hydrogen) atoms. The Bertz CT molecular complexity index is 473. The molecule has 0 aromatic heterocycles. The molecular formula is C14H18N2O3. The summed E-state index contributed by atoms with van der Waals surface area (Å²) in [6, 6.07) is 8.59. The van der Waals surface area contributed by atoms with E-state index in [-0.39, 0.29) is 18.2 Å². The second-order valence-corrected chi connectivity index (χ2v) is 4.92. The van der Waals surface area contributed by atoms with E-state index in [0.717, 1.165) is 10.5 Å². The van der Waals surface area contributed by atoms with Gasteiger partial charge in [-0.25, -0.2) is 14.5 Å². The number of carbonyl (C=O) groups excluding carboxylic acids is 2. The maximum atomic E-state index is 12.1. The minimum absolute atomic E-state index is 0.0346. The summed E-state index contributed by atoms with van der Waals surface area (Å²) in [5.41, 5.74) is 0.889. The lowest BCUT2D eigenvalue weighted by Crippen LogP contribution is -2.44. The minimum atomic E-state index is -0.598. The van der Waals surface area contributed by atoms with Gasteiger partial charge in [-0.15, -0.1) is 0 Å². The van der Waals surface area contributed by atoms with Crippen LogP contribution in [0.25, 0.3) is 0 Å². The van der Waals surface area contributed by atoms with Crippen LogP contribution in [0.2, 0.25) is 0 Å². The molecule has 1 fully saturated rings. The lowest BCUT2D eigenvalue weighted by atomic mass is 10.0. The van der Waals surface area contributed by atoms with Crippen molar-refractivity contribution in [2.24, 2.45) is 0 Å². The van der Waals surface area contributed by atoms with Crippen LogP contribution in [0.5, 0.6) is 0 Å². The number of hydrogen-bond acceptors (Lipinski definition) is 3. The third kappa shape index (κ3) is 2.70. The molecule has 1 aliphatic rings. The molecule has 2 atom stereocenters. The van der Waals surface area contributed by atoms with Crippen molar-refractivity contribution in [2.75, 3.05) is 0 Å². The first kappa shape index (κ1) is 13.4. The van der Waals surface area contributed by atoms with Crippen LogP contribution in [0.15, 0.2) is 30.3 Å². The fraction of sp³-hybridized carbons (Fsp3) is 0.429. The number of ether oxygens (including phenoxy) is 1. The highest BCUT2D eigenvalue weighted by atomic mass is 16.6. The van der Waals surface area contributed by atoms with E-state index in [1.54, 1.807) is 6.92 Å². The van der Waals surface area contributed by atoms with Gasteiger partial charge in [-0.1, -0.05) is 30.3 Å². The summed E-state index contributed by atoms with van der Waals surface area (Å²) in [6.07, 6.45) is -0.952. The largest absolute Gasteiger partial charge is 0.443 e. The molecule has 1 saturated heterocycles. The smallest absolute Gasteiger partial charge is 0.419 e. The molecule has 1 aromatic carbocycles. The van der Waals surface area contributed by atoms with E-state index in [9.17, 15) is 9.59 Å². The van der Waals surface area contributed by atoms with Crippen LogP contribution in [-0.2, 0) is 4.74 Å². The summed E-state index contributed by atoms with van der Waals surface area (Å²) in [4.78, 5) is 25.1. The molecule has 5 nitrogen and oxygen atoms in total. The third-order valence-electron chi connectivity index (χ3n) is 2.98. The van der Waals surface area contributed by atoms with Crippen molar-refractivity contribution in [3.8, 4) is 0 Å². The van der Waals surface area contributed by atoms with Crippen LogP contribution < -0.4 is 5.32 Å². The van der Waals surface area contributed by atoms with E-state index in [1.165, 1.54) is 0 Å². The van der Waals surface area contributed by atoms with Crippen molar-refractivity contribution < 1.29 is 14.3 Å². The highest BCUT2D eigenvalue weighted by Crippen LogP contribution is 2.32. The fourth-order valence-corrected chi connectivity index (χ4v) is 2.20. The molecule has 1 aliphatic heterocycles. The monoisotopic (exact) mass is 262 g/mol. The predicted octanol–water partition coefficient (Wildman–Crippen LogP) is 2.69. The van der Waals surface area contributed by atoms with Gasteiger partial charge in [-0.3, -0.25) is 0 Å². The average molecular weight is 262 g/mol. The van der Waals surface area contributed by atoms with Gasteiger partial charge in [-0.2, -0.15) is 0 Å². The predicted molar refractivity (Wildman–Crippen MR) is 70.6 cm³/mol. The molecule has 0 spiro atoms. The van der Waals surface area contributed by atoms with Crippen LogP contribution in [-0.4, -0.2) is 29.2 Å². The van der Waals surface area contributed by atoms with Gasteiger partial charge < -0.3 is 10.1 Å². The van der Waals surface area contributed by atoms with Gasteiger partial charge in [0.15, 0.2) is 0 Å². The van der Waals surface area contributed by atoms with Gasteiger partial charge >= 0.3 is 12.1 Å². The first-order chi connectivity index (χ1) is 9.00. The number of benzene rings is 1. The number of imide groups is 1. The van der Waals surface area contributed by atoms with Crippen molar-refractivity contribution >= 4 is 12.1 Å². The Hall–Kier alpha value is -2.04. The Morgan fingerprint density at radius 3 is 2.53 bits per heavy atom. The van der Waals surface area contributed by atoms with E-state index in [1.807, 2.05) is 44.2 Å². The van der Waals surface area contributed by atoms with Gasteiger partial charge in [0.25, 0.3) is 0 Å². The zero-order valence-corrected chi connectivity index (χ0v) is 11.3. The molecule has 2 rings (SSSR count). The number of nitrogens with zero attached hydrogens (tertiary/aromatic N) is 1. The molecule has 0 saturated carbocycles. The molecule has 1 aromatic rings. The fourth-order valence-electron chi connectivity index (χ4n) is 2.20. The standard InChI is InChI=1S/C14H18N2O3/c1-9(2)15-13(17)16-12(10(3)19-14(16)18)11-7-5-4-6-8-11/h4-10,12H,1-3H3,(H,15,17). The molecule has 2 unspecified atom stereocenters. The third-order valence-corrected chi connectivity index (χ3v) is 2.98. The van der Waals surface area contributed by atoms with E-state index >= 15 is 0 Å². The van der Waals surface area contributed by atoms with Crippen molar-refractivity contribution in [3.63, 3.8) is 0 Å². The van der Waals surface area contributed by atoms with Crippen LogP contribution in [0, 0.1) is 0 Å². The summed E-state index contributed by atoms with van der Waals surface area (Å²) in [5.74, 6) is 0. The van der Waals surface area contributed by atoms with Crippen LogP contribution in [0.1, 0.15) is 32.4 Å². The zero-order valence-electron chi connectivity index (χ0n) is 11.3. The van der Waals surface area contributed by atoms with Gasteiger partial charge in [0.1, 0.15) is 12.1 Å². The Kier molecular flexibility index (Phi) is 3.74. The summed E-state index contributed by atoms with van der Waals surface area (Å²) < 4.78 is 5.17. The molecule has 0 radical (unpaired) electrons. The second kappa shape index (κ2) is 5.30. The highest BCUT2D eigenvalue weighted by Gasteiger charge is 2.44. The highest BCUT2D eigenvalue weighted by molar-refractivity contribution is 5.93. The number of urea groups is 1. The first-order valence-corrected chi connectivity index (χ1v) is 6.36. The molecule has 3 amide bonds. The summed E-state index contributed by atoms with van der Waals surface area (Å²) in [7, 11) is 0. The van der Waals surface area contributed by atoms with Gasteiger partial charge in [-0.05, 0) is 26.3 Å². The van der Waals surface area contributed by atoms with Gasteiger partial charge in [0, 0.05) is 6.04 Å². The maximum absolute atomic E-state index is 12.1. The minimum Gasteiger partial charge on any atom is -0.443 e. The normalized spacial score (nSPS) is 22.5. The van der Waals surface area contributed by atoms with Gasteiger partial charge in [0.05, 0.1) is 0 Å². The second-order valence-electron chi connectivity index (χ2n) is 4.92. The van der Waals surface area contributed by atoms with E-state index in [2.05, 4.69) is 5.32 Å². The van der Waals surface area contributed by atoms with Crippen molar-refractivity contribution in [2.45, 2.75) is 39.0 Å². The van der Waals surface area contributed by atoms with E-state index in [4.69, 9.17) is 4.74 Å². The maximum Gasteiger partial charge on any atom is 0.419 e. The Morgan fingerprint density at radius 2 is 1.95 bits per heavy atom. The van der Waals surface area contributed by atoms with Gasteiger partial charge in [0.2, 0.25) is 0 Å². The molecule has 0 bridgehead atoms. The number of nitrogens with one attached hydrogen (secondary N) is 1. The first-order valence-electron chi connectivity index (χ1n) is 6.36. The quantitative estimate of drug-likeness (QED) is 0.891. The van der Waals surface area contributed by atoms with E-state index in [0.29, 0.717) is 0 Å². The van der Waals surface area contributed by atoms with Crippen LogP contribution in [0.4, 0.5) is 9.59 Å². The molecule has 1 heterocycles. The van der Waals surface area contributed by atoms with Crippen LogP contribution >= 0.6 is 0 Å². The molecule has 1 N–H and O–H groups in total.